The average Bonchev–Trinajstić information content (AvgIpc) is 2.95. The van der Waals surface area contributed by atoms with Crippen LogP contribution in [-0.2, 0) is 29.5 Å². The Hall–Kier alpha value is -2.98. The number of ether oxygens (including phenoxy) is 2. The zero-order valence-corrected chi connectivity index (χ0v) is 30.3. The summed E-state index contributed by atoms with van der Waals surface area (Å²) >= 11 is 6.02. The number of amides is 2. The Labute approximate surface area is 287 Å². The second-order valence-corrected chi connectivity index (χ2v) is 17.7. The van der Waals surface area contributed by atoms with Gasteiger partial charge in [0.25, 0.3) is 0 Å². The SMILES string of the molecule is CC(C)(C)OC(=O)N1CCC(NS(=O)(=O)c2c[c]c(-c3ccc(Cl)cc3)c(S(=O)(=O)NC3CCN(C(=O)OC(C)(C)C)CC3)c2F)CC1. The van der Waals surface area contributed by atoms with Crippen LogP contribution in [0.15, 0.2) is 40.1 Å². The van der Waals surface area contributed by atoms with Gasteiger partial charge in [0, 0.05) is 48.8 Å². The molecule has 2 aliphatic heterocycles. The van der Waals surface area contributed by atoms with Gasteiger partial charge in [0.1, 0.15) is 21.0 Å². The molecular formula is C32H43ClFN4O8S2. The lowest BCUT2D eigenvalue weighted by Gasteiger charge is -2.34. The van der Waals surface area contributed by atoms with E-state index in [1.54, 1.807) is 41.5 Å². The molecule has 0 aliphatic carbocycles. The Morgan fingerprint density at radius 1 is 0.792 bits per heavy atom. The Balaban J connectivity index is 1.57. The van der Waals surface area contributed by atoms with Gasteiger partial charge in [-0.05, 0) is 97.1 Å². The number of nitrogens with one attached hydrogen (secondary N) is 2. The summed E-state index contributed by atoms with van der Waals surface area (Å²) in [5.74, 6) is -1.46. The highest BCUT2D eigenvalue weighted by molar-refractivity contribution is 7.90. The van der Waals surface area contributed by atoms with Crippen molar-refractivity contribution in [1.82, 2.24) is 19.2 Å². The lowest BCUT2D eigenvalue weighted by molar-refractivity contribution is 0.0192. The van der Waals surface area contributed by atoms with E-state index in [1.165, 1.54) is 34.1 Å². The highest BCUT2D eigenvalue weighted by atomic mass is 35.5. The predicted molar refractivity (Wildman–Crippen MR) is 178 cm³/mol. The van der Waals surface area contributed by atoms with Crippen molar-refractivity contribution in [3.05, 3.63) is 47.2 Å². The Morgan fingerprint density at radius 3 is 1.62 bits per heavy atom. The molecule has 16 heteroatoms. The Kier molecular flexibility index (Phi) is 11.4. The molecule has 265 valence electrons. The number of nitrogens with zero attached hydrogens (tertiary/aromatic N) is 2. The predicted octanol–water partition coefficient (Wildman–Crippen LogP) is 5.30. The summed E-state index contributed by atoms with van der Waals surface area (Å²) in [6, 6.07) is 8.26. The Morgan fingerprint density at radius 2 is 1.21 bits per heavy atom. The van der Waals surface area contributed by atoms with Crippen molar-refractivity contribution in [3.63, 3.8) is 0 Å². The van der Waals surface area contributed by atoms with E-state index in [0.717, 1.165) is 6.07 Å². The van der Waals surface area contributed by atoms with E-state index in [-0.39, 0.29) is 63.0 Å². The zero-order chi connectivity index (χ0) is 35.7. The van der Waals surface area contributed by atoms with Crippen molar-refractivity contribution in [2.75, 3.05) is 26.2 Å². The number of hydrogen-bond donors (Lipinski definition) is 2. The van der Waals surface area contributed by atoms with Crippen molar-refractivity contribution < 1.29 is 40.3 Å². The molecule has 0 unspecified atom stereocenters. The van der Waals surface area contributed by atoms with Crippen LogP contribution in [0.3, 0.4) is 0 Å². The number of carbonyl (C=O) groups is 2. The first-order chi connectivity index (χ1) is 22.1. The van der Waals surface area contributed by atoms with Gasteiger partial charge in [0.2, 0.25) is 20.0 Å². The van der Waals surface area contributed by atoms with Gasteiger partial charge in [-0.15, -0.1) is 0 Å². The minimum atomic E-state index is -4.67. The average molecular weight is 730 g/mol. The van der Waals surface area contributed by atoms with Crippen molar-refractivity contribution >= 4 is 43.8 Å². The third-order valence-corrected chi connectivity index (χ3v) is 11.0. The van der Waals surface area contributed by atoms with Crippen molar-refractivity contribution in [2.24, 2.45) is 0 Å². The van der Waals surface area contributed by atoms with Crippen LogP contribution in [0.1, 0.15) is 67.2 Å². The van der Waals surface area contributed by atoms with Gasteiger partial charge in [-0.3, -0.25) is 0 Å². The summed E-state index contributed by atoms with van der Waals surface area (Å²) in [6.07, 6.45) is -0.109. The first-order valence-corrected chi connectivity index (χ1v) is 19.0. The summed E-state index contributed by atoms with van der Waals surface area (Å²) in [4.78, 5) is 26.1. The summed E-state index contributed by atoms with van der Waals surface area (Å²) in [5, 5.41) is 0.361. The van der Waals surface area contributed by atoms with Gasteiger partial charge >= 0.3 is 12.2 Å². The number of hydrogen-bond acceptors (Lipinski definition) is 8. The van der Waals surface area contributed by atoms with E-state index < -0.39 is 71.1 Å². The lowest BCUT2D eigenvalue weighted by atomic mass is 10.1. The van der Waals surface area contributed by atoms with Crippen LogP contribution in [0.5, 0.6) is 0 Å². The normalized spacial score (nSPS) is 17.3. The molecule has 0 bridgehead atoms. The van der Waals surface area contributed by atoms with Gasteiger partial charge in [-0.2, -0.15) is 0 Å². The van der Waals surface area contributed by atoms with Crippen LogP contribution in [0.2, 0.25) is 5.02 Å². The van der Waals surface area contributed by atoms with Gasteiger partial charge in [0.15, 0.2) is 5.82 Å². The molecule has 2 N–H and O–H groups in total. The lowest BCUT2D eigenvalue weighted by Crippen LogP contribution is -2.48. The van der Waals surface area contributed by atoms with Crippen LogP contribution < -0.4 is 9.44 Å². The molecule has 2 fully saturated rings. The molecule has 48 heavy (non-hydrogen) atoms. The minimum Gasteiger partial charge on any atom is -0.444 e. The number of likely N-dealkylation sites (tertiary alicyclic amines) is 2. The third kappa shape index (κ3) is 9.80. The maximum absolute atomic E-state index is 16.4. The topological polar surface area (TPSA) is 151 Å². The van der Waals surface area contributed by atoms with Crippen LogP contribution in [0.25, 0.3) is 11.1 Å². The van der Waals surface area contributed by atoms with E-state index in [4.69, 9.17) is 21.1 Å². The molecule has 0 aromatic heterocycles. The van der Waals surface area contributed by atoms with Gasteiger partial charge in [-0.25, -0.2) is 40.3 Å². The van der Waals surface area contributed by atoms with Crippen molar-refractivity contribution in [2.45, 2.75) is 100 Å². The number of halogens is 2. The van der Waals surface area contributed by atoms with Gasteiger partial charge in [0.05, 0.1) is 0 Å². The molecule has 0 spiro atoms. The van der Waals surface area contributed by atoms with E-state index in [2.05, 4.69) is 15.5 Å². The van der Waals surface area contributed by atoms with Crippen LogP contribution in [0, 0.1) is 11.9 Å². The molecule has 2 amide bonds. The number of piperidine rings is 2. The zero-order valence-electron chi connectivity index (χ0n) is 27.9. The van der Waals surface area contributed by atoms with Gasteiger partial charge < -0.3 is 19.3 Å². The quantitative estimate of drug-likeness (QED) is 0.390. The van der Waals surface area contributed by atoms with Crippen molar-refractivity contribution in [1.29, 1.82) is 0 Å². The number of sulfonamides is 2. The smallest absolute Gasteiger partial charge is 0.410 e. The fraction of sp³-hybridized carbons (Fsp3) is 0.562. The molecule has 4 rings (SSSR count). The van der Waals surface area contributed by atoms with E-state index in [0.29, 0.717) is 5.02 Å². The molecule has 2 saturated heterocycles. The molecule has 0 atom stereocenters. The van der Waals surface area contributed by atoms with E-state index in [1.807, 2.05) is 0 Å². The van der Waals surface area contributed by atoms with Crippen LogP contribution >= 0.6 is 11.6 Å². The molecule has 0 saturated carbocycles. The van der Waals surface area contributed by atoms with Crippen LogP contribution in [0.4, 0.5) is 14.0 Å². The molecular weight excluding hydrogens is 687 g/mol. The second-order valence-electron chi connectivity index (χ2n) is 13.9. The highest BCUT2D eigenvalue weighted by Crippen LogP contribution is 2.34. The number of carbonyl (C=O) groups excluding carboxylic acids is 2. The summed E-state index contributed by atoms with van der Waals surface area (Å²) in [6.45, 7) is 11.3. The monoisotopic (exact) mass is 729 g/mol. The number of rotatable bonds is 7. The molecule has 2 aromatic rings. The molecule has 1 radical (unpaired) electrons. The summed E-state index contributed by atoms with van der Waals surface area (Å²) < 4.78 is 87.0. The van der Waals surface area contributed by atoms with Crippen molar-refractivity contribution in [3.8, 4) is 11.1 Å². The number of benzene rings is 2. The van der Waals surface area contributed by atoms with Crippen LogP contribution in [-0.4, -0.2) is 88.3 Å². The first kappa shape index (κ1) is 37.8. The van der Waals surface area contributed by atoms with E-state index >= 15 is 4.39 Å². The third-order valence-electron chi connectivity index (χ3n) is 7.62. The summed E-state index contributed by atoms with van der Waals surface area (Å²) in [7, 11) is -9.24. The molecule has 2 aliphatic rings. The molecule has 2 aromatic carbocycles. The fourth-order valence-corrected chi connectivity index (χ4v) is 8.47. The van der Waals surface area contributed by atoms with E-state index in [9.17, 15) is 26.4 Å². The first-order valence-electron chi connectivity index (χ1n) is 15.7. The largest absolute Gasteiger partial charge is 0.444 e. The maximum Gasteiger partial charge on any atom is 0.410 e. The minimum absolute atomic E-state index is 0.174. The highest BCUT2D eigenvalue weighted by Gasteiger charge is 2.36. The van der Waals surface area contributed by atoms with Gasteiger partial charge in [-0.1, -0.05) is 23.7 Å². The Bertz CT molecular complexity index is 1710. The molecule has 12 nitrogen and oxygen atoms in total. The maximum atomic E-state index is 16.4. The fourth-order valence-electron chi connectivity index (χ4n) is 5.34. The standard InChI is InChI=1S/C32H43ClFN4O8S2/c1-31(2,3)45-29(39)37-17-13-23(14-18-37)35-47(41,42)26-12-11-25(21-7-9-22(33)10-8-21)28(27(26)34)48(43,44)36-24-15-19-38(20-16-24)30(40)46-32(4,5)6/h7-10,12,23-24,35-36H,13-20H2,1-6H3. The second kappa shape index (κ2) is 14.5. The summed E-state index contributed by atoms with van der Waals surface area (Å²) in [5.41, 5.74) is -1.30. The molecule has 2 heterocycles.